The van der Waals surface area contributed by atoms with E-state index in [1.165, 1.54) is 4.90 Å². The normalized spacial score (nSPS) is 13.8. The van der Waals surface area contributed by atoms with Gasteiger partial charge in [0.2, 0.25) is 0 Å². The van der Waals surface area contributed by atoms with E-state index >= 15 is 0 Å². The minimum Gasteiger partial charge on any atom is -0.444 e. The molecule has 2 N–H and O–H groups in total. The average molecular weight is 241 g/mol. The van der Waals surface area contributed by atoms with Crippen LogP contribution in [0.15, 0.2) is 0 Å². The molecule has 0 saturated carbocycles. The number of ether oxygens (including phenoxy) is 1. The maximum Gasteiger partial charge on any atom is 0.410 e. The summed E-state index contributed by atoms with van der Waals surface area (Å²) < 4.78 is 5.29. The van der Waals surface area contributed by atoms with Crippen molar-refractivity contribution in [3.05, 3.63) is 0 Å². The first-order valence-electron chi connectivity index (χ1n) is 5.63. The van der Waals surface area contributed by atoms with Crippen molar-refractivity contribution in [1.82, 2.24) is 4.90 Å². The highest BCUT2D eigenvalue weighted by Crippen LogP contribution is 2.18. The number of nitrogens with zero attached hydrogens (tertiary/aromatic N) is 2. The van der Waals surface area contributed by atoms with Crippen molar-refractivity contribution in [2.45, 2.75) is 58.7 Å². The second-order valence-corrected chi connectivity index (χ2v) is 6.00. The maximum absolute atomic E-state index is 12.0. The number of rotatable bonds is 2. The smallest absolute Gasteiger partial charge is 0.410 e. The minimum absolute atomic E-state index is 0.162. The molecular formula is C12H23N3O2. The molecule has 0 aliphatic carbocycles. The third-order valence-corrected chi connectivity index (χ3v) is 1.97. The van der Waals surface area contributed by atoms with Gasteiger partial charge >= 0.3 is 6.09 Å². The molecule has 5 nitrogen and oxygen atoms in total. The number of carbonyl (C=O) groups is 1. The number of hydrogen-bond donors (Lipinski definition) is 1. The third-order valence-electron chi connectivity index (χ3n) is 1.97. The lowest BCUT2D eigenvalue weighted by molar-refractivity contribution is 0.00587. The monoisotopic (exact) mass is 241 g/mol. The molecule has 0 aromatic heterocycles. The molecule has 0 aliphatic rings. The number of hydrogen-bond acceptors (Lipinski definition) is 4. The van der Waals surface area contributed by atoms with Gasteiger partial charge < -0.3 is 15.4 Å². The Morgan fingerprint density at radius 2 is 1.82 bits per heavy atom. The molecule has 17 heavy (non-hydrogen) atoms. The van der Waals surface area contributed by atoms with Crippen LogP contribution in [-0.4, -0.2) is 34.7 Å². The number of nitrogens with two attached hydrogens (primary N) is 1. The number of nitriles is 1. The molecule has 0 aromatic rings. The van der Waals surface area contributed by atoms with Crippen LogP contribution in [0.1, 0.15) is 41.5 Å². The van der Waals surface area contributed by atoms with Crippen LogP contribution < -0.4 is 5.73 Å². The van der Waals surface area contributed by atoms with Gasteiger partial charge in [-0.15, -0.1) is 0 Å². The van der Waals surface area contributed by atoms with Crippen LogP contribution in [-0.2, 0) is 4.74 Å². The first-order chi connectivity index (χ1) is 7.47. The fraction of sp³-hybridized carbons (Fsp3) is 0.833. The summed E-state index contributed by atoms with van der Waals surface area (Å²) in [6.45, 7) is 11.2. The number of amides is 1. The molecule has 1 amide bonds. The zero-order valence-electron chi connectivity index (χ0n) is 11.6. The standard InChI is InChI=1S/C12H23N3O2/c1-11(2,3)15(8-9(14)7-13)10(16)17-12(4,5)6/h9H,8,14H2,1-6H3. The van der Waals surface area contributed by atoms with Crippen molar-refractivity contribution in [1.29, 1.82) is 5.26 Å². The Bertz CT molecular complexity index is 307. The molecule has 1 atom stereocenters. The summed E-state index contributed by atoms with van der Waals surface area (Å²) in [7, 11) is 0. The van der Waals surface area contributed by atoms with Crippen LogP contribution in [0.25, 0.3) is 0 Å². The van der Waals surface area contributed by atoms with Gasteiger partial charge in [0.1, 0.15) is 11.6 Å². The molecule has 1 unspecified atom stereocenters. The Balaban J connectivity index is 4.84. The Morgan fingerprint density at radius 1 is 1.35 bits per heavy atom. The van der Waals surface area contributed by atoms with E-state index in [9.17, 15) is 4.79 Å². The molecule has 5 heteroatoms. The quantitative estimate of drug-likeness (QED) is 0.800. The summed E-state index contributed by atoms with van der Waals surface area (Å²) in [5, 5.41) is 8.71. The maximum atomic E-state index is 12.0. The second kappa shape index (κ2) is 5.37. The van der Waals surface area contributed by atoms with E-state index in [0.717, 1.165) is 0 Å². The fourth-order valence-corrected chi connectivity index (χ4v) is 1.18. The van der Waals surface area contributed by atoms with E-state index in [4.69, 9.17) is 15.7 Å². The van der Waals surface area contributed by atoms with Crippen LogP contribution in [0.2, 0.25) is 0 Å². The highest BCUT2D eigenvalue weighted by atomic mass is 16.6. The average Bonchev–Trinajstić information content (AvgIpc) is 2.08. The topological polar surface area (TPSA) is 79.3 Å². The SMILES string of the molecule is CC(C)(C)OC(=O)N(CC(N)C#N)C(C)(C)C. The Labute approximate surface area is 104 Å². The van der Waals surface area contributed by atoms with E-state index in [1.807, 2.05) is 26.8 Å². The van der Waals surface area contributed by atoms with Crippen LogP contribution in [0.3, 0.4) is 0 Å². The summed E-state index contributed by atoms with van der Waals surface area (Å²) >= 11 is 0. The van der Waals surface area contributed by atoms with Crippen molar-refractivity contribution in [3.63, 3.8) is 0 Å². The summed E-state index contributed by atoms with van der Waals surface area (Å²) in [6, 6.07) is 1.21. The molecule has 0 spiro atoms. The lowest BCUT2D eigenvalue weighted by Gasteiger charge is -2.37. The number of carbonyl (C=O) groups excluding carboxylic acids is 1. The zero-order chi connectivity index (χ0) is 13.9. The largest absolute Gasteiger partial charge is 0.444 e. The van der Waals surface area contributed by atoms with Gasteiger partial charge in [-0.2, -0.15) is 5.26 Å². The van der Waals surface area contributed by atoms with Crippen LogP contribution in [0.5, 0.6) is 0 Å². The van der Waals surface area contributed by atoms with E-state index in [2.05, 4.69) is 0 Å². The van der Waals surface area contributed by atoms with Crippen molar-refractivity contribution in [2.75, 3.05) is 6.54 Å². The molecule has 98 valence electrons. The predicted octanol–water partition coefficient (Wildman–Crippen LogP) is 1.87. The van der Waals surface area contributed by atoms with Crippen molar-refractivity contribution >= 4 is 6.09 Å². The minimum atomic E-state index is -0.707. The fourth-order valence-electron chi connectivity index (χ4n) is 1.18. The zero-order valence-corrected chi connectivity index (χ0v) is 11.6. The first-order valence-corrected chi connectivity index (χ1v) is 5.63. The van der Waals surface area contributed by atoms with E-state index in [-0.39, 0.29) is 6.54 Å². The lowest BCUT2D eigenvalue weighted by Crippen LogP contribution is -2.52. The molecule has 0 aliphatic heterocycles. The highest BCUT2D eigenvalue weighted by molar-refractivity contribution is 5.69. The summed E-state index contributed by atoms with van der Waals surface area (Å²) in [6.07, 6.45) is -0.448. The molecular weight excluding hydrogens is 218 g/mol. The van der Waals surface area contributed by atoms with Crippen molar-refractivity contribution in [3.8, 4) is 6.07 Å². The van der Waals surface area contributed by atoms with Gasteiger partial charge in [-0.25, -0.2) is 4.79 Å². The molecule has 0 rings (SSSR count). The summed E-state index contributed by atoms with van der Waals surface area (Å²) in [5.41, 5.74) is 4.57. The molecule has 0 fully saturated rings. The van der Waals surface area contributed by atoms with Crippen LogP contribution in [0.4, 0.5) is 4.79 Å². The molecule has 0 bridgehead atoms. The summed E-state index contributed by atoms with van der Waals surface area (Å²) in [4.78, 5) is 13.5. The van der Waals surface area contributed by atoms with Crippen molar-refractivity contribution < 1.29 is 9.53 Å². The lowest BCUT2D eigenvalue weighted by atomic mass is 10.1. The predicted molar refractivity (Wildman–Crippen MR) is 66.3 cm³/mol. The van der Waals surface area contributed by atoms with Gasteiger partial charge in [-0.05, 0) is 41.5 Å². The summed E-state index contributed by atoms with van der Waals surface area (Å²) in [5.74, 6) is 0. The Morgan fingerprint density at radius 3 is 2.12 bits per heavy atom. The van der Waals surface area contributed by atoms with E-state index in [0.29, 0.717) is 0 Å². The van der Waals surface area contributed by atoms with Gasteiger partial charge in [0.05, 0.1) is 12.6 Å². The third kappa shape index (κ3) is 6.12. The Hall–Kier alpha value is -1.28. The van der Waals surface area contributed by atoms with Gasteiger partial charge in [0, 0.05) is 5.54 Å². The Kier molecular flexibility index (Phi) is 4.96. The van der Waals surface area contributed by atoms with Gasteiger partial charge in [-0.1, -0.05) is 0 Å². The highest BCUT2D eigenvalue weighted by Gasteiger charge is 2.31. The van der Waals surface area contributed by atoms with E-state index in [1.54, 1.807) is 20.8 Å². The molecule has 0 aromatic carbocycles. The molecule has 0 radical (unpaired) electrons. The van der Waals surface area contributed by atoms with Crippen molar-refractivity contribution in [2.24, 2.45) is 5.73 Å². The van der Waals surface area contributed by atoms with Gasteiger partial charge in [0.15, 0.2) is 0 Å². The van der Waals surface area contributed by atoms with Gasteiger partial charge in [0.25, 0.3) is 0 Å². The molecule has 0 heterocycles. The first kappa shape index (κ1) is 15.7. The van der Waals surface area contributed by atoms with Crippen LogP contribution >= 0.6 is 0 Å². The van der Waals surface area contributed by atoms with E-state index < -0.39 is 23.3 Å². The second-order valence-electron chi connectivity index (χ2n) is 6.00. The molecule has 0 saturated heterocycles. The van der Waals surface area contributed by atoms with Gasteiger partial charge in [-0.3, -0.25) is 0 Å². The van der Waals surface area contributed by atoms with Crippen LogP contribution in [0, 0.1) is 11.3 Å².